The molecule has 2 atom stereocenters. The first-order valence-corrected chi connectivity index (χ1v) is 12.1. The van der Waals surface area contributed by atoms with Gasteiger partial charge >= 0.3 is 11.9 Å². The minimum atomic E-state index is -1.21. The van der Waals surface area contributed by atoms with Crippen molar-refractivity contribution in [3.05, 3.63) is 51.6 Å². The summed E-state index contributed by atoms with van der Waals surface area (Å²) in [5.41, 5.74) is 0.631. The summed E-state index contributed by atoms with van der Waals surface area (Å²) in [6, 6.07) is 9.05. The number of esters is 2. The van der Waals surface area contributed by atoms with E-state index in [1.807, 2.05) is 45.0 Å². The molecule has 1 unspecified atom stereocenters. The van der Waals surface area contributed by atoms with Crippen LogP contribution in [0.3, 0.4) is 0 Å². The Balaban J connectivity index is 1.94. The number of allylic oxidation sites excluding steroid dienone is 1. The van der Waals surface area contributed by atoms with E-state index in [0.29, 0.717) is 28.6 Å². The third-order valence-corrected chi connectivity index (χ3v) is 6.61. The number of aryl methyl sites for hydroxylation is 1. The molecule has 0 aromatic heterocycles. The molecule has 0 bridgehead atoms. The summed E-state index contributed by atoms with van der Waals surface area (Å²) in [7, 11) is 2.75. The van der Waals surface area contributed by atoms with Crippen LogP contribution in [0.5, 0.6) is 5.75 Å². The van der Waals surface area contributed by atoms with Gasteiger partial charge in [-0.05, 0) is 48.7 Å². The van der Waals surface area contributed by atoms with Crippen LogP contribution in [0.25, 0.3) is 10.8 Å². The first-order chi connectivity index (χ1) is 16.6. The van der Waals surface area contributed by atoms with Crippen molar-refractivity contribution in [2.45, 2.75) is 51.7 Å². The highest BCUT2D eigenvalue weighted by Gasteiger charge is 2.45. The average molecular weight is 548 g/mol. The second kappa shape index (κ2) is 11.2. The molecule has 1 aliphatic rings. The molecule has 35 heavy (non-hydrogen) atoms. The van der Waals surface area contributed by atoms with E-state index in [1.165, 1.54) is 14.2 Å². The van der Waals surface area contributed by atoms with Gasteiger partial charge < -0.3 is 24.3 Å². The van der Waals surface area contributed by atoms with Crippen LogP contribution < -0.4 is 10.1 Å². The number of ether oxygens (including phenoxy) is 4. The molecule has 1 heterocycles. The molecular formula is C26H30BrNO7. The molecule has 1 saturated heterocycles. The fourth-order valence-corrected chi connectivity index (χ4v) is 4.35. The Kier molecular flexibility index (Phi) is 8.56. The van der Waals surface area contributed by atoms with Gasteiger partial charge in [-0.3, -0.25) is 4.79 Å². The molecule has 188 valence electrons. The van der Waals surface area contributed by atoms with Gasteiger partial charge in [-0.2, -0.15) is 0 Å². The monoisotopic (exact) mass is 547 g/mol. The second-order valence-electron chi connectivity index (χ2n) is 8.69. The number of carbonyl (C=O) groups is 3. The van der Waals surface area contributed by atoms with Crippen molar-refractivity contribution < 1.29 is 33.3 Å². The van der Waals surface area contributed by atoms with Crippen molar-refractivity contribution in [1.29, 1.82) is 0 Å². The summed E-state index contributed by atoms with van der Waals surface area (Å²) in [6.45, 7) is 6.14. The van der Waals surface area contributed by atoms with Crippen LogP contribution >= 0.6 is 15.9 Å². The molecule has 0 radical (unpaired) electrons. The summed E-state index contributed by atoms with van der Waals surface area (Å²) in [4.78, 5) is 38.9. The number of halogens is 1. The molecule has 0 saturated carbocycles. The third-order valence-electron chi connectivity index (χ3n) is 5.82. The quantitative estimate of drug-likeness (QED) is 0.264. The number of amides is 1. The number of nitrogens with one attached hydrogen (secondary N) is 1. The van der Waals surface area contributed by atoms with Gasteiger partial charge in [-0.1, -0.05) is 47.5 Å². The van der Waals surface area contributed by atoms with Crippen LogP contribution in [-0.2, 0) is 23.8 Å². The Labute approximate surface area is 213 Å². The maximum absolute atomic E-state index is 13.4. The van der Waals surface area contributed by atoms with Gasteiger partial charge in [0.2, 0.25) is 0 Å². The summed E-state index contributed by atoms with van der Waals surface area (Å²) in [5, 5.41) is 4.12. The van der Waals surface area contributed by atoms with Crippen LogP contribution in [0.1, 0.15) is 49.0 Å². The van der Waals surface area contributed by atoms with Crippen LogP contribution in [0.2, 0.25) is 0 Å². The van der Waals surface area contributed by atoms with E-state index in [0.717, 1.165) is 17.4 Å². The highest BCUT2D eigenvalue weighted by molar-refractivity contribution is 9.11. The molecule has 0 spiro atoms. The van der Waals surface area contributed by atoms with Crippen molar-refractivity contribution in [3.63, 3.8) is 0 Å². The molecule has 2 aromatic carbocycles. The zero-order valence-corrected chi connectivity index (χ0v) is 22.1. The van der Waals surface area contributed by atoms with E-state index in [-0.39, 0.29) is 17.7 Å². The van der Waals surface area contributed by atoms with E-state index in [9.17, 15) is 14.4 Å². The smallest absolute Gasteiger partial charge is 0.355 e. The SMILES string of the molecule is CCC/C(Br)=C(\NC(=O)C(C[C@@]1(C)CO1)OC(=O)c1cc(OC)cc2c(C)cccc12)C(=O)OC. The van der Waals surface area contributed by atoms with Gasteiger partial charge in [0, 0.05) is 10.9 Å². The van der Waals surface area contributed by atoms with E-state index in [2.05, 4.69) is 21.2 Å². The Bertz CT molecular complexity index is 1170. The molecule has 3 rings (SSSR count). The molecule has 2 aromatic rings. The molecule has 1 amide bonds. The van der Waals surface area contributed by atoms with E-state index in [4.69, 9.17) is 18.9 Å². The van der Waals surface area contributed by atoms with E-state index >= 15 is 0 Å². The normalized spacial score (nSPS) is 18.3. The van der Waals surface area contributed by atoms with Gasteiger partial charge in [0.1, 0.15) is 11.4 Å². The second-order valence-corrected chi connectivity index (χ2v) is 9.65. The first-order valence-electron chi connectivity index (χ1n) is 11.3. The average Bonchev–Trinajstić information content (AvgIpc) is 3.57. The molecule has 0 aliphatic carbocycles. The van der Waals surface area contributed by atoms with Crippen molar-refractivity contribution >= 4 is 44.5 Å². The topological polar surface area (TPSA) is 103 Å². The van der Waals surface area contributed by atoms with E-state index in [1.54, 1.807) is 6.07 Å². The summed E-state index contributed by atoms with van der Waals surface area (Å²) >= 11 is 3.35. The lowest BCUT2D eigenvalue weighted by molar-refractivity contribution is -0.139. The van der Waals surface area contributed by atoms with Crippen molar-refractivity contribution in [2.24, 2.45) is 0 Å². The van der Waals surface area contributed by atoms with Crippen molar-refractivity contribution in [2.75, 3.05) is 20.8 Å². The van der Waals surface area contributed by atoms with E-state index < -0.39 is 29.6 Å². The Morgan fingerprint density at radius 3 is 2.51 bits per heavy atom. The summed E-state index contributed by atoms with van der Waals surface area (Å²) in [6.07, 6.45) is 0.183. The van der Waals surface area contributed by atoms with Gasteiger partial charge in [-0.15, -0.1) is 0 Å². The predicted molar refractivity (Wildman–Crippen MR) is 134 cm³/mol. The minimum Gasteiger partial charge on any atom is -0.497 e. The number of epoxide rings is 1. The molecule has 1 fully saturated rings. The van der Waals surface area contributed by atoms with Crippen LogP contribution in [0, 0.1) is 6.92 Å². The highest BCUT2D eigenvalue weighted by Crippen LogP contribution is 2.34. The zero-order chi connectivity index (χ0) is 25.8. The van der Waals surface area contributed by atoms with Crippen molar-refractivity contribution in [3.8, 4) is 5.75 Å². The van der Waals surface area contributed by atoms with Gasteiger partial charge in [-0.25, -0.2) is 9.59 Å². The van der Waals surface area contributed by atoms with Gasteiger partial charge in [0.25, 0.3) is 5.91 Å². The lowest BCUT2D eigenvalue weighted by atomic mass is 10.00. The number of rotatable bonds is 10. The molecular weight excluding hydrogens is 518 g/mol. The van der Waals surface area contributed by atoms with Crippen molar-refractivity contribution in [1.82, 2.24) is 5.32 Å². The number of carbonyl (C=O) groups excluding carboxylic acids is 3. The standard InChI is InChI=1S/C26H30BrNO7/c1-6-8-20(27)22(25(31)33-5)28-23(29)21(13-26(3)14-34-26)35-24(30)19-12-16(32-4)11-18-15(2)9-7-10-17(18)19/h7,9-12,21H,6,8,13-14H2,1-5H3,(H,28,29)/b22-20+/t21?,26-/m0/s1. The minimum absolute atomic E-state index is 0.0234. The Morgan fingerprint density at radius 1 is 1.20 bits per heavy atom. The number of fused-ring (bicyclic) bond motifs is 1. The van der Waals surface area contributed by atoms with Gasteiger partial charge in [0.15, 0.2) is 6.10 Å². The molecule has 1 aliphatic heterocycles. The van der Waals surface area contributed by atoms with Gasteiger partial charge in [0.05, 0.1) is 32.0 Å². The number of hydrogen-bond acceptors (Lipinski definition) is 7. The fraction of sp³-hybridized carbons (Fsp3) is 0.423. The maximum atomic E-state index is 13.4. The molecule has 9 heteroatoms. The maximum Gasteiger partial charge on any atom is 0.355 e. The zero-order valence-electron chi connectivity index (χ0n) is 20.5. The summed E-state index contributed by atoms with van der Waals surface area (Å²) < 4.78 is 21.9. The first kappa shape index (κ1) is 26.7. The highest BCUT2D eigenvalue weighted by atomic mass is 79.9. The number of benzene rings is 2. The van der Waals surface area contributed by atoms with Crippen LogP contribution in [0.15, 0.2) is 40.5 Å². The Morgan fingerprint density at radius 2 is 1.91 bits per heavy atom. The van der Waals surface area contributed by atoms with Crippen LogP contribution in [0.4, 0.5) is 0 Å². The lowest BCUT2D eigenvalue weighted by Crippen LogP contribution is -2.41. The molecule has 1 N–H and O–H groups in total. The lowest BCUT2D eigenvalue weighted by Gasteiger charge is -2.21. The largest absolute Gasteiger partial charge is 0.497 e. The number of hydrogen-bond donors (Lipinski definition) is 1. The molecule has 8 nitrogen and oxygen atoms in total. The van der Waals surface area contributed by atoms with Crippen LogP contribution in [-0.4, -0.2) is 50.4 Å². The number of methoxy groups -OCH3 is 2. The summed E-state index contributed by atoms with van der Waals surface area (Å²) in [5.74, 6) is -1.53. The predicted octanol–water partition coefficient (Wildman–Crippen LogP) is 4.56. The fourth-order valence-electron chi connectivity index (χ4n) is 3.69. The third kappa shape index (κ3) is 6.41. The Hall–Kier alpha value is -2.91.